The summed E-state index contributed by atoms with van der Waals surface area (Å²) in [5.41, 5.74) is 0.722. The average Bonchev–Trinajstić information content (AvgIpc) is 3.01. The molecule has 1 heterocycles. The van der Waals surface area contributed by atoms with Crippen LogP contribution in [0.4, 0.5) is 5.69 Å². The van der Waals surface area contributed by atoms with Crippen molar-refractivity contribution in [2.75, 3.05) is 24.2 Å². The zero-order valence-corrected chi connectivity index (χ0v) is 17.6. The van der Waals surface area contributed by atoms with E-state index >= 15 is 0 Å². The molecule has 1 saturated heterocycles. The van der Waals surface area contributed by atoms with Gasteiger partial charge in [0.1, 0.15) is 5.37 Å². The number of carboxylic acids is 1. The molecule has 1 aliphatic heterocycles. The molecule has 2 atom stereocenters. The summed E-state index contributed by atoms with van der Waals surface area (Å²) in [6, 6.07) is 9.07. The number of rotatable bonds is 9. The van der Waals surface area contributed by atoms with Crippen molar-refractivity contribution in [1.82, 2.24) is 4.90 Å². The lowest BCUT2D eigenvalue weighted by molar-refractivity contribution is -0.147. The van der Waals surface area contributed by atoms with Crippen LogP contribution in [-0.4, -0.2) is 52.1 Å². The van der Waals surface area contributed by atoms with E-state index in [1.54, 1.807) is 44.3 Å². The standard InChI is InChI=1S/C19H21N3O5S2/c1-3-22-17(25)15(29-18(22)14(9-20)19(26)27-4-2)10-21-12-5-7-13(8-6-12)28-11-16(23)24/h5-8,10,14,18,21H,3-4,11H2,1-2H3,(H,23,24)/b15-10+. The Labute approximate surface area is 177 Å². The summed E-state index contributed by atoms with van der Waals surface area (Å²) < 4.78 is 4.96. The molecule has 0 radical (unpaired) electrons. The molecule has 10 heteroatoms. The Morgan fingerprint density at radius 3 is 2.66 bits per heavy atom. The lowest BCUT2D eigenvalue weighted by Gasteiger charge is -2.24. The number of carboxylic acid groups (broad SMARTS) is 1. The van der Waals surface area contributed by atoms with E-state index in [0.29, 0.717) is 11.4 Å². The number of nitrogens with zero attached hydrogens (tertiary/aromatic N) is 2. The van der Waals surface area contributed by atoms with Gasteiger partial charge < -0.3 is 20.1 Å². The highest BCUT2D eigenvalue weighted by molar-refractivity contribution is 8.05. The van der Waals surface area contributed by atoms with Crippen LogP contribution in [0.5, 0.6) is 0 Å². The summed E-state index contributed by atoms with van der Waals surface area (Å²) >= 11 is 2.37. The number of ether oxygens (including phenoxy) is 1. The molecule has 1 amide bonds. The number of likely N-dealkylation sites (N-methyl/N-ethyl adjacent to an activating group) is 1. The van der Waals surface area contributed by atoms with Gasteiger partial charge in [0.05, 0.1) is 23.3 Å². The predicted octanol–water partition coefficient (Wildman–Crippen LogP) is 2.74. The lowest BCUT2D eigenvalue weighted by Crippen LogP contribution is -2.40. The van der Waals surface area contributed by atoms with Gasteiger partial charge in [-0.15, -0.1) is 11.8 Å². The van der Waals surface area contributed by atoms with Crippen LogP contribution in [0.15, 0.2) is 40.3 Å². The Morgan fingerprint density at radius 1 is 1.41 bits per heavy atom. The molecule has 1 aliphatic rings. The summed E-state index contributed by atoms with van der Waals surface area (Å²) in [6.45, 7) is 3.98. The second kappa shape index (κ2) is 10.8. The number of amides is 1. The maximum atomic E-state index is 12.6. The van der Waals surface area contributed by atoms with E-state index in [4.69, 9.17) is 9.84 Å². The number of benzene rings is 1. The fourth-order valence-electron chi connectivity index (χ4n) is 2.57. The Hall–Kier alpha value is -2.64. The molecule has 2 N–H and O–H groups in total. The number of hydrogen-bond acceptors (Lipinski definition) is 8. The van der Waals surface area contributed by atoms with E-state index in [9.17, 15) is 19.6 Å². The van der Waals surface area contributed by atoms with Crippen LogP contribution in [0.25, 0.3) is 0 Å². The molecule has 0 aromatic heterocycles. The van der Waals surface area contributed by atoms with Crippen LogP contribution >= 0.6 is 23.5 Å². The highest BCUT2D eigenvalue weighted by Gasteiger charge is 2.43. The minimum atomic E-state index is -1.07. The van der Waals surface area contributed by atoms with E-state index in [1.807, 2.05) is 6.07 Å². The first kappa shape index (κ1) is 22.6. The van der Waals surface area contributed by atoms with Crippen molar-refractivity contribution in [2.24, 2.45) is 5.92 Å². The van der Waals surface area contributed by atoms with Gasteiger partial charge in [-0.25, -0.2) is 0 Å². The first-order valence-corrected chi connectivity index (χ1v) is 10.7. The lowest BCUT2D eigenvalue weighted by atomic mass is 10.1. The topological polar surface area (TPSA) is 120 Å². The van der Waals surface area contributed by atoms with Gasteiger partial charge in [-0.3, -0.25) is 14.4 Å². The normalized spacial score (nSPS) is 18.4. The van der Waals surface area contributed by atoms with Crippen LogP contribution in [0.1, 0.15) is 13.8 Å². The molecule has 8 nitrogen and oxygen atoms in total. The Kier molecular flexibility index (Phi) is 8.42. The Morgan fingerprint density at radius 2 is 2.10 bits per heavy atom. The SMILES string of the molecule is CCOC(=O)C(C#N)C1S/C(=C/Nc2ccc(SCC(=O)O)cc2)C(=O)N1CC. The van der Waals surface area contributed by atoms with Crippen LogP contribution in [-0.2, 0) is 19.1 Å². The second-order valence-corrected chi connectivity index (χ2v) is 8.03. The third-order valence-corrected chi connectivity index (χ3v) is 6.23. The zero-order valence-electron chi connectivity index (χ0n) is 16.0. The summed E-state index contributed by atoms with van der Waals surface area (Å²) in [4.78, 5) is 38.0. The summed E-state index contributed by atoms with van der Waals surface area (Å²) in [7, 11) is 0. The second-order valence-electron chi connectivity index (χ2n) is 5.82. The number of carbonyl (C=O) groups is 3. The number of esters is 1. The summed E-state index contributed by atoms with van der Waals surface area (Å²) in [5, 5.41) is 20.5. The maximum absolute atomic E-state index is 12.6. The molecular formula is C19H21N3O5S2. The highest BCUT2D eigenvalue weighted by Crippen LogP contribution is 2.39. The van der Waals surface area contributed by atoms with Gasteiger partial charge in [0.15, 0.2) is 5.92 Å². The largest absolute Gasteiger partial charge is 0.481 e. The van der Waals surface area contributed by atoms with E-state index < -0.39 is 23.2 Å². The van der Waals surface area contributed by atoms with Crippen molar-refractivity contribution >= 4 is 47.1 Å². The van der Waals surface area contributed by atoms with E-state index in [0.717, 1.165) is 22.3 Å². The van der Waals surface area contributed by atoms with Gasteiger partial charge in [-0.05, 0) is 38.1 Å². The van der Waals surface area contributed by atoms with Gasteiger partial charge in [0.25, 0.3) is 5.91 Å². The van der Waals surface area contributed by atoms with Crippen LogP contribution in [0, 0.1) is 17.2 Å². The van der Waals surface area contributed by atoms with Gasteiger partial charge in [0, 0.05) is 23.3 Å². The van der Waals surface area contributed by atoms with Gasteiger partial charge in [-0.1, -0.05) is 11.8 Å². The fraction of sp³-hybridized carbons (Fsp3) is 0.368. The van der Waals surface area contributed by atoms with Crippen LogP contribution < -0.4 is 5.32 Å². The average molecular weight is 436 g/mol. The third kappa shape index (κ3) is 5.92. The molecule has 1 aromatic carbocycles. The minimum absolute atomic E-state index is 0.0171. The first-order valence-electron chi connectivity index (χ1n) is 8.86. The molecule has 0 spiro atoms. The number of anilines is 1. The van der Waals surface area contributed by atoms with E-state index in [-0.39, 0.29) is 18.3 Å². The fourth-order valence-corrected chi connectivity index (χ4v) is 4.48. The third-order valence-electron chi connectivity index (χ3n) is 3.92. The number of nitrogens with one attached hydrogen (secondary N) is 1. The molecule has 154 valence electrons. The van der Waals surface area contributed by atoms with Crippen LogP contribution in [0.2, 0.25) is 0 Å². The van der Waals surface area contributed by atoms with E-state index in [1.165, 1.54) is 16.7 Å². The van der Waals surface area contributed by atoms with Gasteiger partial charge in [-0.2, -0.15) is 5.26 Å². The van der Waals surface area contributed by atoms with Crippen molar-refractivity contribution in [2.45, 2.75) is 24.1 Å². The van der Waals surface area contributed by atoms with Crippen LogP contribution in [0.3, 0.4) is 0 Å². The minimum Gasteiger partial charge on any atom is -0.481 e. The van der Waals surface area contributed by atoms with Gasteiger partial charge >= 0.3 is 11.9 Å². The van der Waals surface area contributed by atoms with Crippen molar-refractivity contribution in [3.8, 4) is 6.07 Å². The van der Waals surface area contributed by atoms with Crippen molar-refractivity contribution in [1.29, 1.82) is 5.26 Å². The molecule has 29 heavy (non-hydrogen) atoms. The zero-order chi connectivity index (χ0) is 21.4. The summed E-state index contributed by atoms with van der Waals surface area (Å²) in [6.07, 6.45) is 1.55. The van der Waals surface area contributed by atoms with E-state index in [2.05, 4.69) is 5.32 Å². The molecular weight excluding hydrogens is 414 g/mol. The Bertz CT molecular complexity index is 835. The maximum Gasteiger partial charge on any atom is 0.326 e. The van der Waals surface area contributed by atoms with Gasteiger partial charge in [0.2, 0.25) is 0 Å². The number of thioether (sulfide) groups is 2. The first-order chi connectivity index (χ1) is 13.9. The molecule has 0 bridgehead atoms. The smallest absolute Gasteiger partial charge is 0.326 e. The molecule has 2 unspecified atom stereocenters. The summed E-state index contributed by atoms with van der Waals surface area (Å²) in [5.74, 6) is -2.86. The molecule has 1 aromatic rings. The predicted molar refractivity (Wildman–Crippen MR) is 111 cm³/mol. The van der Waals surface area contributed by atoms with Crippen molar-refractivity contribution < 1.29 is 24.2 Å². The molecule has 0 aliphatic carbocycles. The molecule has 2 rings (SSSR count). The van der Waals surface area contributed by atoms with Crippen molar-refractivity contribution in [3.05, 3.63) is 35.4 Å². The quantitative estimate of drug-likeness (QED) is 0.343. The number of aliphatic carboxylic acids is 1. The number of hydrogen-bond donors (Lipinski definition) is 2. The highest BCUT2D eigenvalue weighted by atomic mass is 32.2. The monoisotopic (exact) mass is 435 g/mol. The molecule has 1 fully saturated rings. The Balaban J connectivity index is 2.09. The van der Waals surface area contributed by atoms with Crippen molar-refractivity contribution in [3.63, 3.8) is 0 Å². The number of carbonyl (C=O) groups excluding carboxylic acids is 2. The molecule has 0 saturated carbocycles. The number of nitriles is 1.